The third kappa shape index (κ3) is 3.84. The van der Waals surface area contributed by atoms with Crippen LogP contribution in [0.1, 0.15) is 5.56 Å². The highest BCUT2D eigenvalue weighted by Crippen LogP contribution is 2.19. The van der Waals surface area contributed by atoms with Crippen molar-refractivity contribution < 1.29 is 9.21 Å². The van der Waals surface area contributed by atoms with Crippen LogP contribution in [0.3, 0.4) is 0 Å². The number of hydrogen-bond donors (Lipinski definition) is 1. The van der Waals surface area contributed by atoms with E-state index in [0.29, 0.717) is 10.9 Å². The number of halogens is 1. The first kappa shape index (κ1) is 15.0. The highest BCUT2D eigenvalue weighted by molar-refractivity contribution is 6.32. The molecule has 0 bridgehead atoms. The van der Waals surface area contributed by atoms with Crippen molar-refractivity contribution in [2.45, 2.75) is 0 Å². The maximum atomic E-state index is 11.9. The number of carbonyl (C=O) groups excluding carboxylic acids is 1. The fourth-order valence-electron chi connectivity index (χ4n) is 1.89. The summed E-state index contributed by atoms with van der Waals surface area (Å²) in [6.45, 7) is 0. The molecule has 0 aliphatic rings. The quantitative estimate of drug-likeness (QED) is 0.735. The molecular formula is C17H12ClN3O2. The third-order valence-corrected chi connectivity index (χ3v) is 3.34. The lowest BCUT2D eigenvalue weighted by molar-refractivity contribution is -0.112. The number of hydrogen-bond acceptors (Lipinski definition) is 4. The Hall–Kier alpha value is -2.92. The Morgan fingerprint density at radius 1 is 1.04 bits per heavy atom. The van der Waals surface area contributed by atoms with Gasteiger partial charge in [-0.15, -0.1) is 5.10 Å². The lowest BCUT2D eigenvalue weighted by Gasteiger charge is -1.97. The Balaban J connectivity index is 1.67. The monoisotopic (exact) mass is 325 g/mol. The number of rotatable bonds is 4. The van der Waals surface area contributed by atoms with Gasteiger partial charge >= 0.3 is 6.01 Å². The number of amides is 1. The second kappa shape index (κ2) is 6.89. The standard InChI is InChI=1S/C17H12ClN3O2/c18-14-9-5-4-6-12(14)10-11-15(22)19-17-21-20-16(23-17)13-7-2-1-3-8-13/h1-11H,(H,19,21,22). The summed E-state index contributed by atoms with van der Waals surface area (Å²) < 4.78 is 5.40. The highest BCUT2D eigenvalue weighted by atomic mass is 35.5. The fourth-order valence-corrected chi connectivity index (χ4v) is 2.09. The van der Waals surface area contributed by atoms with Gasteiger partial charge in [-0.3, -0.25) is 10.1 Å². The average Bonchev–Trinajstić information content (AvgIpc) is 3.03. The van der Waals surface area contributed by atoms with Gasteiger partial charge in [0.2, 0.25) is 5.89 Å². The van der Waals surface area contributed by atoms with E-state index in [0.717, 1.165) is 11.1 Å². The van der Waals surface area contributed by atoms with Crippen LogP contribution >= 0.6 is 11.6 Å². The highest BCUT2D eigenvalue weighted by Gasteiger charge is 2.09. The van der Waals surface area contributed by atoms with E-state index in [9.17, 15) is 4.79 Å². The Bertz CT molecular complexity index is 844. The molecule has 0 aliphatic carbocycles. The first-order chi connectivity index (χ1) is 11.2. The normalized spacial score (nSPS) is 10.8. The summed E-state index contributed by atoms with van der Waals surface area (Å²) >= 11 is 6.02. The molecule has 0 saturated heterocycles. The fraction of sp³-hybridized carbons (Fsp3) is 0. The van der Waals surface area contributed by atoms with Gasteiger partial charge in [-0.1, -0.05) is 53.1 Å². The van der Waals surface area contributed by atoms with Crippen LogP contribution in [0.5, 0.6) is 0 Å². The molecule has 23 heavy (non-hydrogen) atoms. The largest absolute Gasteiger partial charge is 0.403 e. The molecule has 6 heteroatoms. The van der Waals surface area contributed by atoms with Gasteiger partial charge in [0.1, 0.15) is 0 Å². The molecule has 1 amide bonds. The molecule has 3 aromatic rings. The predicted molar refractivity (Wildman–Crippen MR) is 88.8 cm³/mol. The number of nitrogens with zero attached hydrogens (tertiary/aromatic N) is 2. The van der Waals surface area contributed by atoms with Crippen LogP contribution in [0.2, 0.25) is 5.02 Å². The Morgan fingerprint density at radius 2 is 1.78 bits per heavy atom. The summed E-state index contributed by atoms with van der Waals surface area (Å²) in [6.07, 6.45) is 2.97. The molecule has 0 saturated carbocycles. The van der Waals surface area contributed by atoms with Crippen molar-refractivity contribution in [2.75, 3.05) is 5.32 Å². The van der Waals surface area contributed by atoms with Gasteiger partial charge in [-0.2, -0.15) is 0 Å². The Kier molecular flexibility index (Phi) is 4.49. The molecule has 1 N–H and O–H groups in total. The van der Waals surface area contributed by atoms with Crippen LogP contribution in [-0.2, 0) is 4.79 Å². The summed E-state index contributed by atoms with van der Waals surface area (Å²) in [5.41, 5.74) is 1.53. The van der Waals surface area contributed by atoms with Crippen molar-refractivity contribution in [3.05, 3.63) is 71.3 Å². The molecule has 1 aromatic heterocycles. The number of anilines is 1. The molecule has 3 rings (SSSR count). The van der Waals surface area contributed by atoms with Crippen molar-refractivity contribution in [1.82, 2.24) is 10.2 Å². The SMILES string of the molecule is O=C(C=Cc1ccccc1Cl)Nc1nnc(-c2ccccc2)o1. The average molecular weight is 326 g/mol. The Morgan fingerprint density at radius 3 is 2.57 bits per heavy atom. The van der Waals surface area contributed by atoms with Crippen molar-refractivity contribution >= 4 is 29.6 Å². The summed E-state index contributed by atoms with van der Waals surface area (Å²) in [4.78, 5) is 11.9. The van der Waals surface area contributed by atoms with Gasteiger partial charge in [-0.25, -0.2) is 0 Å². The second-order valence-electron chi connectivity index (χ2n) is 4.62. The first-order valence-corrected chi connectivity index (χ1v) is 7.23. The summed E-state index contributed by atoms with van der Waals surface area (Å²) in [5, 5.41) is 10.8. The predicted octanol–water partition coefficient (Wildman–Crippen LogP) is 4.04. The molecule has 0 atom stereocenters. The molecule has 5 nitrogen and oxygen atoms in total. The molecule has 1 heterocycles. The van der Waals surface area contributed by atoms with Gasteiger partial charge in [0.05, 0.1) is 0 Å². The van der Waals surface area contributed by atoms with E-state index in [-0.39, 0.29) is 11.9 Å². The van der Waals surface area contributed by atoms with Gasteiger partial charge in [0, 0.05) is 16.7 Å². The van der Waals surface area contributed by atoms with Crippen LogP contribution in [0.15, 0.2) is 65.1 Å². The van der Waals surface area contributed by atoms with Crippen molar-refractivity contribution in [1.29, 1.82) is 0 Å². The van der Waals surface area contributed by atoms with Crippen LogP contribution < -0.4 is 5.32 Å². The van der Waals surface area contributed by atoms with E-state index in [2.05, 4.69) is 15.5 Å². The summed E-state index contributed by atoms with van der Waals surface area (Å²) in [7, 11) is 0. The van der Waals surface area contributed by atoms with Gasteiger partial charge in [0.25, 0.3) is 5.91 Å². The lowest BCUT2D eigenvalue weighted by Crippen LogP contribution is -2.07. The number of nitrogens with one attached hydrogen (secondary N) is 1. The maximum Gasteiger partial charge on any atom is 0.322 e. The Labute approximate surface area is 137 Å². The molecular weight excluding hydrogens is 314 g/mol. The zero-order valence-electron chi connectivity index (χ0n) is 11.9. The molecule has 2 aromatic carbocycles. The molecule has 0 radical (unpaired) electrons. The summed E-state index contributed by atoms with van der Waals surface area (Å²) in [6, 6.07) is 16.6. The molecule has 0 unspecified atom stereocenters. The van der Waals surface area contributed by atoms with Crippen molar-refractivity contribution in [2.24, 2.45) is 0 Å². The van der Waals surface area contributed by atoms with E-state index < -0.39 is 0 Å². The second-order valence-corrected chi connectivity index (χ2v) is 5.03. The first-order valence-electron chi connectivity index (χ1n) is 6.85. The van der Waals surface area contributed by atoms with E-state index in [1.807, 2.05) is 48.5 Å². The topological polar surface area (TPSA) is 68.0 Å². The zero-order valence-corrected chi connectivity index (χ0v) is 12.7. The van der Waals surface area contributed by atoms with E-state index in [4.69, 9.17) is 16.0 Å². The molecule has 0 aliphatic heterocycles. The van der Waals surface area contributed by atoms with Crippen LogP contribution in [0, 0.1) is 0 Å². The van der Waals surface area contributed by atoms with Crippen LogP contribution in [0.4, 0.5) is 6.01 Å². The minimum absolute atomic E-state index is 0.0395. The van der Waals surface area contributed by atoms with E-state index >= 15 is 0 Å². The van der Waals surface area contributed by atoms with Gasteiger partial charge < -0.3 is 4.42 Å². The smallest absolute Gasteiger partial charge is 0.322 e. The van der Waals surface area contributed by atoms with Gasteiger partial charge in [-0.05, 0) is 29.8 Å². The third-order valence-electron chi connectivity index (χ3n) is 3.00. The van der Waals surface area contributed by atoms with E-state index in [1.165, 1.54) is 6.08 Å². The van der Waals surface area contributed by atoms with Crippen molar-refractivity contribution in [3.63, 3.8) is 0 Å². The summed E-state index contributed by atoms with van der Waals surface area (Å²) in [5.74, 6) is -0.0378. The number of carbonyl (C=O) groups is 1. The van der Waals surface area contributed by atoms with Crippen molar-refractivity contribution in [3.8, 4) is 11.5 Å². The van der Waals surface area contributed by atoms with E-state index in [1.54, 1.807) is 12.1 Å². The lowest BCUT2D eigenvalue weighted by atomic mass is 10.2. The minimum Gasteiger partial charge on any atom is -0.403 e. The molecule has 114 valence electrons. The van der Waals surface area contributed by atoms with Crippen LogP contribution in [-0.4, -0.2) is 16.1 Å². The van der Waals surface area contributed by atoms with Crippen LogP contribution in [0.25, 0.3) is 17.5 Å². The minimum atomic E-state index is -0.381. The number of aromatic nitrogens is 2. The van der Waals surface area contributed by atoms with Gasteiger partial charge in [0.15, 0.2) is 0 Å². The molecule has 0 spiro atoms. The zero-order chi connectivity index (χ0) is 16.1. The number of benzene rings is 2. The molecule has 0 fully saturated rings. The maximum absolute atomic E-state index is 11.9.